The fourth-order valence-corrected chi connectivity index (χ4v) is 2.50. The van der Waals surface area contributed by atoms with E-state index in [9.17, 15) is 0 Å². The van der Waals surface area contributed by atoms with E-state index in [1.165, 1.54) is 5.56 Å². The first-order valence-corrected chi connectivity index (χ1v) is 6.11. The minimum absolute atomic E-state index is 0.384. The molecule has 1 heterocycles. The van der Waals surface area contributed by atoms with Crippen molar-refractivity contribution in [3.63, 3.8) is 0 Å². The van der Waals surface area contributed by atoms with E-state index in [2.05, 4.69) is 24.4 Å². The normalized spacial score (nSPS) is 23.8. The highest BCUT2D eigenvalue weighted by molar-refractivity contribution is 5.47. The van der Waals surface area contributed by atoms with Crippen LogP contribution in [0.25, 0.3) is 0 Å². The number of hydrogen-bond acceptors (Lipinski definition) is 3. The maximum Gasteiger partial charge on any atom is 0.124 e. The zero-order chi connectivity index (χ0) is 12.4. The Balaban J connectivity index is 2.37. The molecule has 3 nitrogen and oxygen atoms in total. The van der Waals surface area contributed by atoms with Gasteiger partial charge < -0.3 is 14.8 Å². The molecule has 0 amide bonds. The van der Waals surface area contributed by atoms with E-state index in [1.807, 2.05) is 6.92 Å². The van der Waals surface area contributed by atoms with Crippen LogP contribution in [0.2, 0.25) is 0 Å². The van der Waals surface area contributed by atoms with Crippen LogP contribution < -0.4 is 14.8 Å². The zero-order valence-electron chi connectivity index (χ0n) is 11.0. The van der Waals surface area contributed by atoms with Crippen LogP contribution in [0.4, 0.5) is 0 Å². The van der Waals surface area contributed by atoms with Crippen molar-refractivity contribution in [3.8, 4) is 11.5 Å². The molecular formula is C14H21NO2. The van der Waals surface area contributed by atoms with Crippen molar-refractivity contribution >= 4 is 0 Å². The summed E-state index contributed by atoms with van der Waals surface area (Å²) in [5.74, 6) is 2.61. The molecule has 0 aliphatic carbocycles. The molecular weight excluding hydrogens is 214 g/mol. The largest absolute Gasteiger partial charge is 0.496 e. The highest BCUT2D eigenvalue weighted by Gasteiger charge is 2.25. The number of rotatable bonds is 3. The Bertz CT molecular complexity index is 403. The van der Waals surface area contributed by atoms with Crippen LogP contribution >= 0.6 is 0 Å². The highest BCUT2D eigenvalue weighted by atomic mass is 16.5. The van der Waals surface area contributed by atoms with Crippen LogP contribution in [0.3, 0.4) is 0 Å². The first-order valence-electron chi connectivity index (χ1n) is 6.11. The Kier molecular flexibility index (Phi) is 3.57. The molecule has 0 saturated carbocycles. The van der Waals surface area contributed by atoms with Gasteiger partial charge >= 0.3 is 0 Å². The van der Waals surface area contributed by atoms with Gasteiger partial charge in [-0.2, -0.15) is 0 Å². The summed E-state index contributed by atoms with van der Waals surface area (Å²) in [5, 5.41) is 3.53. The lowest BCUT2D eigenvalue weighted by Gasteiger charge is -2.17. The quantitative estimate of drug-likeness (QED) is 0.873. The van der Waals surface area contributed by atoms with Gasteiger partial charge in [0.15, 0.2) is 0 Å². The lowest BCUT2D eigenvalue weighted by Crippen LogP contribution is -2.14. The number of ether oxygens (including phenoxy) is 2. The van der Waals surface area contributed by atoms with Crippen LogP contribution in [0.1, 0.15) is 30.5 Å². The second-order valence-electron chi connectivity index (χ2n) is 4.87. The molecule has 94 valence electrons. The maximum absolute atomic E-state index is 5.48. The molecule has 1 saturated heterocycles. The summed E-state index contributed by atoms with van der Waals surface area (Å²) < 4.78 is 10.9. The van der Waals surface area contributed by atoms with Crippen molar-refractivity contribution < 1.29 is 9.47 Å². The zero-order valence-corrected chi connectivity index (χ0v) is 11.0. The molecule has 3 heteroatoms. The van der Waals surface area contributed by atoms with Gasteiger partial charge in [0.05, 0.1) is 14.2 Å². The minimum atomic E-state index is 0.384. The van der Waals surface area contributed by atoms with E-state index in [4.69, 9.17) is 9.47 Å². The molecule has 1 N–H and O–H groups in total. The SMILES string of the molecule is COc1cc([C@@H]2C[C@@H](C)CN2)c(OC)cc1C. The average Bonchev–Trinajstić information content (AvgIpc) is 2.75. The Morgan fingerprint density at radius 2 is 1.88 bits per heavy atom. The highest BCUT2D eigenvalue weighted by Crippen LogP contribution is 2.36. The number of aryl methyl sites for hydroxylation is 1. The van der Waals surface area contributed by atoms with E-state index >= 15 is 0 Å². The molecule has 0 unspecified atom stereocenters. The van der Waals surface area contributed by atoms with Gasteiger partial charge in [0.2, 0.25) is 0 Å². The van der Waals surface area contributed by atoms with Crippen molar-refractivity contribution in [2.75, 3.05) is 20.8 Å². The molecule has 1 aliphatic rings. The topological polar surface area (TPSA) is 30.5 Å². The predicted octanol–water partition coefficient (Wildman–Crippen LogP) is 2.68. The second-order valence-corrected chi connectivity index (χ2v) is 4.87. The third-order valence-corrected chi connectivity index (χ3v) is 3.47. The maximum atomic E-state index is 5.48. The lowest BCUT2D eigenvalue weighted by molar-refractivity contribution is 0.390. The van der Waals surface area contributed by atoms with Crippen LogP contribution in [0, 0.1) is 12.8 Å². The van der Waals surface area contributed by atoms with E-state index in [0.717, 1.165) is 35.9 Å². The molecule has 1 fully saturated rings. The molecule has 1 aliphatic heterocycles. The van der Waals surface area contributed by atoms with Gasteiger partial charge in [0.25, 0.3) is 0 Å². The number of nitrogens with one attached hydrogen (secondary N) is 1. The summed E-state index contributed by atoms with van der Waals surface area (Å²) in [4.78, 5) is 0. The molecule has 2 rings (SSSR count). The van der Waals surface area contributed by atoms with Crippen molar-refractivity contribution in [2.45, 2.75) is 26.3 Å². The number of methoxy groups -OCH3 is 2. The van der Waals surface area contributed by atoms with Crippen molar-refractivity contribution in [2.24, 2.45) is 5.92 Å². The molecule has 0 radical (unpaired) electrons. The van der Waals surface area contributed by atoms with Gasteiger partial charge in [-0.1, -0.05) is 6.92 Å². The predicted molar refractivity (Wildman–Crippen MR) is 68.8 cm³/mol. The summed E-state index contributed by atoms with van der Waals surface area (Å²) in [6.07, 6.45) is 1.16. The van der Waals surface area contributed by atoms with Gasteiger partial charge in [-0.3, -0.25) is 0 Å². The summed E-state index contributed by atoms with van der Waals surface area (Å²) in [5.41, 5.74) is 2.32. The van der Waals surface area contributed by atoms with E-state index < -0.39 is 0 Å². The molecule has 0 spiro atoms. The van der Waals surface area contributed by atoms with Crippen molar-refractivity contribution in [3.05, 3.63) is 23.3 Å². The average molecular weight is 235 g/mol. The summed E-state index contributed by atoms with van der Waals surface area (Å²) >= 11 is 0. The Hall–Kier alpha value is -1.22. The van der Waals surface area contributed by atoms with Gasteiger partial charge in [-0.15, -0.1) is 0 Å². The minimum Gasteiger partial charge on any atom is -0.496 e. The van der Waals surface area contributed by atoms with Crippen LogP contribution in [0.5, 0.6) is 11.5 Å². The molecule has 0 bridgehead atoms. The third-order valence-electron chi connectivity index (χ3n) is 3.47. The Labute approximate surface area is 103 Å². The molecule has 2 atom stereocenters. The lowest BCUT2D eigenvalue weighted by atomic mass is 9.98. The molecule has 1 aromatic rings. The number of hydrogen-bond donors (Lipinski definition) is 1. The first kappa shape index (κ1) is 12.2. The van der Waals surface area contributed by atoms with E-state index in [-0.39, 0.29) is 0 Å². The van der Waals surface area contributed by atoms with Gasteiger partial charge in [0.1, 0.15) is 11.5 Å². The van der Waals surface area contributed by atoms with Crippen molar-refractivity contribution in [1.29, 1.82) is 0 Å². The second kappa shape index (κ2) is 4.96. The van der Waals surface area contributed by atoms with Gasteiger partial charge in [0, 0.05) is 11.6 Å². The fourth-order valence-electron chi connectivity index (χ4n) is 2.50. The molecule has 0 aromatic heterocycles. The Morgan fingerprint density at radius 1 is 1.18 bits per heavy atom. The monoisotopic (exact) mass is 235 g/mol. The smallest absolute Gasteiger partial charge is 0.124 e. The number of benzene rings is 1. The summed E-state index contributed by atoms with van der Waals surface area (Å²) in [6, 6.07) is 4.54. The van der Waals surface area contributed by atoms with Crippen molar-refractivity contribution in [1.82, 2.24) is 5.32 Å². The summed E-state index contributed by atoms with van der Waals surface area (Å²) in [7, 11) is 3.44. The van der Waals surface area contributed by atoms with E-state index in [0.29, 0.717) is 6.04 Å². The Morgan fingerprint density at radius 3 is 2.41 bits per heavy atom. The summed E-state index contributed by atoms with van der Waals surface area (Å²) in [6.45, 7) is 5.38. The van der Waals surface area contributed by atoms with Gasteiger partial charge in [-0.25, -0.2) is 0 Å². The molecule has 1 aromatic carbocycles. The van der Waals surface area contributed by atoms with Crippen LogP contribution in [-0.2, 0) is 0 Å². The molecule has 17 heavy (non-hydrogen) atoms. The first-order chi connectivity index (χ1) is 8.15. The van der Waals surface area contributed by atoms with Gasteiger partial charge in [-0.05, 0) is 43.5 Å². The third kappa shape index (κ3) is 2.39. The fraction of sp³-hybridized carbons (Fsp3) is 0.571. The van der Waals surface area contributed by atoms with Crippen LogP contribution in [-0.4, -0.2) is 20.8 Å². The van der Waals surface area contributed by atoms with E-state index in [1.54, 1.807) is 14.2 Å². The standard InChI is InChI=1S/C14H21NO2/c1-9-5-12(15-8-9)11-7-13(16-3)10(2)6-14(11)17-4/h6-7,9,12,15H,5,8H2,1-4H3/t9-,12+/m1/s1. The van der Waals surface area contributed by atoms with Crippen LogP contribution in [0.15, 0.2) is 12.1 Å².